The van der Waals surface area contributed by atoms with Crippen LogP contribution in [0.4, 0.5) is 0 Å². The molecule has 2 fully saturated rings. The number of rotatable bonds is 32. The number of unbranched alkanes of at least 4 members (excludes halogenated alkanes) is 14. The number of amides is 1. The van der Waals surface area contributed by atoms with Crippen molar-refractivity contribution in [3.63, 3.8) is 0 Å². The SMILES string of the molecule is CCCCCCCCCCC[C@@H](CC(=O)N[C@H]1[C@H](OCc2ccccc2)O[C@@H]2COC(C)(C)O[C@H]2[C@@H]1OC(=O)CCCCCCc1ccccc1)OC(=O)CCCCCCc1ccccc1. The molecular weight excluding hydrogens is 831 g/mol. The summed E-state index contributed by atoms with van der Waals surface area (Å²) in [5.74, 6) is -1.95. The van der Waals surface area contributed by atoms with Crippen molar-refractivity contribution < 1.29 is 42.8 Å². The van der Waals surface area contributed by atoms with Crippen molar-refractivity contribution in [2.75, 3.05) is 6.61 Å². The smallest absolute Gasteiger partial charge is 0.306 e. The van der Waals surface area contributed by atoms with Crippen LogP contribution >= 0.6 is 0 Å². The van der Waals surface area contributed by atoms with Gasteiger partial charge in [0.05, 0.1) is 19.6 Å². The molecule has 10 nitrogen and oxygen atoms in total. The summed E-state index contributed by atoms with van der Waals surface area (Å²) in [4.78, 5) is 41.4. The molecule has 0 unspecified atom stereocenters. The van der Waals surface area contributed by atoms with Gasteiger partial charge in [0.25, 0.3) is 0 Å². The van der Waals surface area contributed by atoms with Crippen molar-refractivity contribution in [1.82, 2.24) is 5.32 Å². The molecule has 6 atom stereocenters. The molecule has 2 saturated heterocycles. The number of fused-ring (bicyclic) bond motifs is 1. The van der Waals surface area contributed by atoms with Gasteiger partial charge < -0.3 is 33.7 Å². The molecule has 364 valence electrons. The molecule has 3 aromatic rings. The molecule has 0 aliphatic carbocycles. The first-order valence-electron chi connectivity index (χ1n) is 25.6. The van der Waals surface area contributed by atoms with Crippen molar-refractivity contribution in [3.8, 4) is 0 Å². The van der Waals surface area contributed by atoms with E-state index in [1.807, 2.05) is 56.3 Å². The van der Waals surface area contributed by atoms with Crippen molar-refractivity contribution in [2.24, 2.45) is 0 Å². The number of carbonyl (C=O) groups excluding carboxylic acids is 3. The highest BCUT2D eigenvalue weighted by molar-refractivity contribution is 5.78. The summed E-state index contributed by atoms with van der Waals surface area (Å²) in [6, 6.07) is 29.7. The van der Waals surface area contributed by atoms with Gasteiger partial charge in [-0.3, -0.25) is 14.4 Å². The monoisotopic (exact) mass is 912 g/mol. The third kappa shape index (κ3) is 20.4. The summed E-state index contributed by atoms with van der Waals surface area (Å²) in [6.07, 6.45) is 17.2. The normalized spacial score (nSPS) is 20.5. The maximum Gasteiger partial charge on any atom is 0.306 e. The second kappa shape index (κ2) is 30.3. The Morgan fingerprint density at radius 2 is 1.17 bits per heavy atom. The molecule has 2 aliphatic heterocycles. The zero-order valence-electron chi connectivity index (χ0n) is 40.5. The summed E-state index contributed by atoms with van der Waals surface area (Å²) in [5.41, 5.74) is 3.57. The predicted molar refractivity (Wildman–Crippen MR) is 259 cm³/mol. The van der Waals surface area contributed by atoms with E-state index in [0.717, 1.165) is 82.6 Å². The van der Waals surface area contributed by atoms with Crippen molar-refractivity contribution >= 4 is 17.8 Å². The minimum Gasteiger partial charge on any atom is -0.462 e. The third-order valence-corrected chi connectivity index (χ3v) is 12.7. The summed E-state index contributed by atoms with van der Waals surface area (Å²) >= 11 is 0. The molecule has 0 bridgehead atoms. The average molecular weight is 912 g/mol. The molecule has 1 N–H and O–H groups in total. The van der Waals surface area contributed by atoms with Crippen LogP contribution in [0.25, 0.3) is 0 Å². The van der Waals surface area contributed by atoms with Gasteiger partial charge in [-0.25, -0.2) is 0 Å². The van der Waals surface area contributed by atoms with Gasteiger partial charge >= 0.3 is 11.9 Å². The topological polar surface area (TPSA) is 119 Å². The lowest BCUT2D eigenvalue weighted by Gasteiger charge is -2.50. The predicted octanol–water partition coefficient (Wildman–Crippen LogP) is 12.1. The number of benzene rings is 3. The molecule has 2 heterocycles. The average Bonchev–Trinajstić information content (AvgIpc) is 3.31. The van der Waals surface area contributed by atoms with E-state index in [1.165, 1.54) is 49.7 Å². The van der Waals surface area contributed by atoms with E-state index in [-0.39, 0.29) is 43.9 Å². The van der Waals surface area contributed by atoms with E-state index in [4.69, 9.17) is 28.4 Å². The molecule has 10 heteroatoms. The Bertz CT molecular complexity index is 1770. The number of hydrogen-bond donors (Lipinski definition) is 1. The van der Waals surface area contributed by atoms with Crippen molar-refractivity contribution in [2.45, 2.75) is 218 Å². The first kappa shape index (κ1) is 52.9. The summed E-state index contributed by atoms with van der Waals surface area (Å²) in [6.45, 7) is 6.28. The number of hydrogen-bond acceptors (Lipinski definition) is 9. The van der Waals surface area contributed by atoms with Crippen LogP contribution in [-0.2, 0) is 62.3 Å². The molecule has 66 heavy (non-hydrogen) atoms. The van der Waals surface area contributed by atoms with E-state index >= 15 is 0 Å². The molecule has 0 spiro atoms. The lowest BCUT2D eigenvalue weighted by Crippen LogP contribution is -2.69. The maximum absolute atomic E-state index is 14.3. The zero-order valence-corrected chi connectivity index (χ0v) is 40.5. The highest BCUT2D eigenvalue weighted by Gasteiger charge is 2.54. The molecule has 0 radical (unpaired) electrons. The fourth-order valence-corrected chi connectivity index (χ4v) is 9.00. The Morgan fingerprint density at radius 3 is 1.76 bits per heavy atom. The van der Waals surface area contributed by atoms with Gasteiger partial charge in [0.15, 0.2) is 18.2 Å². The molecule has 2 aliphatic rings. The van der Waals surface area contributed by atoms with E-state index in [2.05, 4.69) is 60.8 Å². The number of aryl methyl sites for hydroxylation is 2. The van der Waals surface area contributed by atoms with Gasteiger partial charge in [0, 0.05) is 12.8 Å². The van der Waals surface area contributed by atoms with Crippen LogP contribution in [0.5, 0.6) is 0 Å². The Morgan fingerprint density at radius 1 is 0.652 bits per heavy atom. The lowest BCUT2D eigenvalue weighted by molar-refractivity contribution is -0.370. The fourth-order valence-electron chi connectivity index (χ4n) is 9.00. The summed E-state index contributed by atoms with van der Waals surface area (Å²) < 4.78 is 37.9. The van der Waals surface area contributed by atoms with E-state index in [0.29, 0.717) is 19.3 Å². The van der Waals surface area contributed by atoms with Crippen LogP contribution in [0.3, 0.4) is 0 Å². The van der Waals surface area contributed by atoms with Gasteiger partial charge in [-0.05, 0) is 81.9 Å². The van der Waals surface area contributed by atoms with Crippen LogP contribution in [0, 0.1) is 0 Å². The summed E-state index contributed by atoms with van der Waals surface area (Å²) in [5, 5.41) is 3.16. The van der Waals surface area contributed by atoms with Gasteiger partial charge in [0.2, 0.25) is 5.91 Å². The van der Waals surface area contributed by atoms with Crippen LogP contribution < -0.4 is 5.32 Å². The number of esters is 2. The molecule has 3 aromatic carbocycles. The van der Waals surface area contributed by atoms with Crippen LogP contribution in [0.2, 0.25) is 0 Å². The highest BCUT2D eigenvalue weighted by atomic mass is 16.8. The van der Waals surface area contributed by atoms with E-state index in [1.54, 1.807) is 0 Å². The largest absolute Gasteiger partial charge is 0.462 e. The minimum absolute atomic E-state index is 0.0328. The van der Waals surface area contributed by atoms with Crippen molar-refractivity contribution in [1.29, 1.82) is 0 Å². The molecule has 0 aromatic heterocycles. The lowest BCUT2D eigenvalue weighted by atomic mass is 9.94. The Kier molecular flexibility index (Phi) is 24.3. The van der Waals surface area contributed by atoms with Gasteiger partial charge in [0.1, 0.15) is 24.4 Å². The van der Waals surface area contributed by atoms with E-state index in [9.17, 15) is 14.4 Å². The number of ether oxygens (including phenoxy) is 6. The van der Waals surface area contributed by atoms with Gasteiger partial charge in [-0.2, -0.15) is 0 Å². The second-order valence-corrected chi connectivity index (χ2v) is 18.9. The van der Waals surface area contributed by atoms with Gasteiger partial charge in [-0.1, -0.05) is 175 Å². The van der Waals surface area contributed by atoms with Crippen LogP contribution in [0.15, 0.2) is 91.0 Å². The standard InChI is InChI=1S/C56H81NO9/c1-4-5-6-7-8-9-10-11-27-38-47(63-50(59)39-28-14-12-19-30-44-32-21-16-22-33-44)41-49(58)57-52-54(65-51(60)40-29-15-13-20-31-45-34-23-17-24-35-45)53-48(43-62-56(2,3)66-53)64-55(52)61-42-46-36-25-18-26-37-46/h16-18,21-26,32-37,47-48,52-55H,4-15,19-20,27-31,38-43H2,1-3H3,(H,57,58)/t47-,48+,52+,53+,54+,55+/m0/s1. The van der Waals surface area contributed by atoms with E-state index < -0.39 is 42.5 Å². The highest BCUT2D eigenvalue weighted by Crippen LogP contribution is 2.35. The van der Waals surface area contributed by atoms with Gasteiger partial charge in [-0.15, -0.1) is 0 Å². The Hall–Kier alpha value is -4.09. The Labute approximate surface area is 396 Å². The maximum atomic E-state index is 14.3. The zero-order chi connectivity index (χ0) is 46.7. The van der Waals surface area contributed by atoms with Crippen molar-refractivity contribution in [3.05, 3.63) is 108 Å². The quantitative estimate of drug-likeness (QED) is 0.0482. The summed E-state index contributed by atoms with van der Waals surface area (Å²) in [7, 11) is 0. The second-order valence-electron chi connectivity index (χ2n) is 18.9. The molecule has 5 rings (SSSR count). The molecule has 0 saturated carbocycles. The Balaban J connectivity index is 1.22. The fraction of sp³-hybridized carbons (Fsp3) is 0.625. The number of nitrogens with one attached hydrogen (secondary N) is 1. The molecule has 1 amide bonds. The molecular formula is C56H81NO9. The number of carbonyl (C=O) groups is 3. The van der Waals surface area contributed by atoms with Crippen LogP contribution in [0.1, 0.15) is 172 Å². The first-order chi connectivity index (χ1) is 32.2. The first-order valence-corrected chi connectivity index (χ1v) is 25.6. The van der Waals surface area contributed by atoms with Crippen LogP contribution in [-0.4, -0.2) is 67.0 Å². The third-order valence-electron chi connectivity index (χ3n) is 12.7. The minimum atomic E-state index is -0.986.